The van der Waals surface area contributed by atoms with Gasteiger partial charge in [0.25, 0.3) is 0 Å². The molecule has 0 aliphatic rings. The SMILES string of the molecule is O=C(CNC(=O)OCc1ccccc1)N[C@@H](CCC(=O)OCc1ccccc1)C(=O)OCc1ccccc1. The molecule has 0 aromatic heterocycles. The Labute approximate surface area is 221 Å². The Hall–Kier alpha value is -4.66. The molecular weight excluding hydrogens is 488 g/mol. The Morgan fingerprint density at radius 1 is 0.632 bits per heavy atom. The molecule has 3 rings (SSSR count). The maximum atomic E-state index is 12.7. The lowest BCUT2D eigenvalue weighted by molar-refractivity contribution is -0.150. The second-order valence-electron chi connectivity index (χ2n) is 8.31. The van der Waals surface area contributed by atoms with E-state index in [0.717, 1.165) is 16.7 Å². The standard InChI is InChI=1S/C29H30N2O7/c32-26(18-30-29(35)38-21-24-14-8-3-9-15-24)31-25(28(34)37-20-23-12-6-2-7-13-23)16-17-27(33)36-19-22-10-4-1-5-11-22/h1-15,25H,16-21H2,(H,30,35)(H,31,32)/t25-/m0/s1. The van der Waals surface area contributed by atoms with Crippen LogP contribution in [0, 0.1) is 0 Å². The largest absolute Gasteiger partial charge is 0.461 e. The van der Waals surface area contributed by atoms with Gasteiger partial charge < -0.3 is 24.8 Å². The third-order valence-electron chi connectivity index (χ3n) is 5.33. The van der Waals surface area contributed by atoms with Crippen LogP contribution in [0.5, 0.6) is 0 Å². The first-order valence-corrected chi connectivity index (χ1v) is 12.1. The predicted molar refractivity (Wildman–Crippen MR) is 138 cm³/mol. The number of alkyl carbamates (subject to hydrolysis) is 1. The van der Waals surface area contributed by atoms with E-state index in [1.807, 2.05) is 66.7 Å². The van der Waals surface area contributed by atoms with E-state index in [2.05, 4.69) is 10.6 Å². The van der Waals surface area contributed by atoms with Crippen molar-refractivity contribution >= 4 is 23.9 Å². The number of nitrogens with one attached hydrogen (secondary N) is 2. The number of hydrogen-bond donors (Lipinski definition) is 2. The van der Waals surface area contributed by atoms with Crippen molar-refractivity contribution in [3.63, 3.8) is 0 Å². The van der Waals surface area contributed by atoms with Crippen LogP contribution in [0.1, 0.15) is 29.5 Å². The fourth-order valence-corrected chi connectivity index (χ4v) is 3.32. The van der Waals surface area contributed by atoms with Crippen LogP contribution in [0.4, 0.5) is 4.79 Å². The monoisotopic (exact) mass is 518 g/mol. The van der Waals surface area contributed by atoms with Gasteiger partial charge in [-0.3, -0.25) is 9.59 Å². The number of carbonyl (C=O) groups is 4. The van der Waals surface area contributed by atoms with Crippen molar-refractivity contribution in [3.05, 3.63) is 108 Å². The molecule has 1 atom stereocenters. The Morgan fingerprint density at radius 2 is 1.11 bits per heavy atom. The van der Waals surface area contributed by atoms with Crippen LogP contribution in [0.25, 0.3) is 0 Å². The molecule has 38 heavy (non-hydrogen) atoms. The fraction of sp³-hybridized carbons (Fsp3) is 0.241. The number of esters is 2. The molecule has 2 N–H and O–H groups in total. The first kappa shape index (κ1) is 27.9. The van der Waals surface area contributed by atoms with Gasteiger partial charge in [0.1, 0.15) is 32.4 Å². The molecule has 0 fully saturated rings. The first-order chi connectivity index (χ1) is 18.5. The van der Waals surface area contributed by atoms with Crippen molar-refractivity contribution < 1.29 is 33.4 Å². The molecule has 0 heterocycles. The normalized spacial score (nSPS) is 11.1. The van der Waals surface area contributed by atoms with Gasteiger partial charge in [-0.1, -0.05) is 91.0 Å². The van der Waals surface area contributed by atoms with Gasteiger partial charge in [0.2, 0.25) is 5.91 Å². The van der Waals surface area contributed by atoms with E-state index in [1.165, 1.54) is 0 Å². The van der Waals surface area contributed by atoms with Crippen molar-refractivity contribution in [2.45, 2.75) is 38.7 Å². The van der Waals surface area contributed by atoms with Gasteiger partial charge in [-0.05, 0) is 23.1 Å². The highest BCUT2D eigenvalue weighted by Gasteiger charge is 2.24. The molecule has 0 radical (unpaired) electrons. The van der Waals surface area contributed by atoms with Gasteiger partial charge in [0.15, 0.2) is 0 Å². The Bertz CT molecular complexity index is 1170. The van der Waals surface area contributed by atoms with Crippen LogP contribution in [0.2, 0.25) is 0 Å². The Balaban J connectivity index is 1.48. The summed E-state index contributed by atoms with van der Waals surface area (Å²) in [4.78, 5) is 49.4. The van der Waals surface area contributed by atoms with Crippen molar-refractivity contribution in [2.24, 2.45) is 0 Å². The summed E-state index contributed by atoms with van der Waals surface area (Å²) in [7, 11) is 0. The van der Waals surface area contributed by atoms with Crippen LogP contribution in [0.15, 0.2) is 91.0 Å². The maximum Gasteiger partial charge on any atom is 0.407 e. The zero-order chi connectivity index (χ0) is 27.0. The summed E-state index contributed by atoms with van der Waals surface area (Å²) in [6.07, 6.45) is -0.937. The number of ether oxygens (including phenoxy) is 3. The van der Waals surface area contributed by atoms with Crippen LogP contribution < -0.4 is 10.6 Å². The lowest BCUT2D eigenvalue weighted by Gasteiger charge is -2.18. The quantitative estimate of drug-likeness (QED) is 0.262. The van der Waals surface area contributed by atoms with Gasteiger partial charge >= 0.3 is 18.0 Å². The Morgan fingerprint density at radius 3 is 1.63 bits per heavy atom. The van der Waals surface area contributed by atoms with Gasteiger partial charge in [0.05, 0.1) is 0 Å². The van der Waals surface area contributed by atoms with Crippen molar-refractivity contribution in [1.82, 2.24) is 10.6 Å². The predicted octanol–water partition coefficient (Wildman–Crippen LogP) is 3.66. The van der Waals surface area contributed by atoms with Gasteiger partial charge in [-0.25, -0.2) is 9.59 Å². The van der Waals surface area contributed by atoms with Crippen molar-refractivity contribution in [2.75, 3.05) is 6.54 Å². The van der Waals surface area contributed by atoms with E-state index < -0.39 is 36.5 Å². The Kier molecular flexibility index (Phi) is 11.4. The minimum absolute atomic E-state index is 0.00849. The second kappa shape index (κ2) is 15.5. The average molecular weight is 519 g/mol. The van der Waals surface area contributed by atoms with Crippen LogP contribution in [-0.4, -0.2) is 36.5 Å². The van der Waals surface area contributed by atoms with Crippen LogP contribution >= 0.6 is 0 Å². The summed E-state index contributed by atoms with van der Waals surface area (Å²) >= 11 is 0. The van der Waals surface area contributed by atoms with E-state index in [-0.39, 0.29) is 32.7 Å². The third-order valence-corrected chi connectivity index (χ3v) is 5.33. The molecule has 0 saturated heterocycles. The highest BCUT2D eigenvalue weighted by molar-refractivity contribution is 5.87. The van der Waals surface area contributed by atoms with Gasteiger partial charge in [0, 0.05) is 6.42 Å². The molecule has 3 aromatic rings. The topological polar surface area (TPSA) is 120 Å². The molecule has 2 amide bonds. The number of benzene rings is 3. The number of rotatable bonds is 13. The lowest BCUT2D eigenvalue weighted by Crippen LogP contribution is -2.46. The average Bonchev–Trinajstić information content (AvgIpc) is 2.96. The number of amides is 2. The van der Waals surface area contributed by atoms with E-state index in [9.17, 15) is 19.2 Å². The number of carbonyl (C=O) groups excluding carboxylic acids is 4. The molecule has 198 valence electrons. The molecule has 3 aromatic carbocycles. The smallest absolute Gasteiger partial charge is 0.407 e. The summed E-state index contributed by atoms with van der Waals surface area (Å²) in [6.45, 7) is -0.263. The van der Waals surface area contributed by atoms with E-state index in [0.29, 0.717) is 0 Å². The minimum atomic E-state index is -1.11. The van der Waals surface area contributed by atoms with E-state index in [1.54, 1.807) is 24.3 Å². The van der Waals surface area contributed by atoms with Crippen molar-refractivity contribution in [1.29, 1.82) is 0 Å². The summed E-state index contributed by atoms with van der Waals surface area (Å²) < 4.78 is 15.7. The van der Waals surface area contributed by atoms with Crippen molar-refractivity contribution in [3.8, 4) is 0 Å². The molecule has 0 unspecified atom stereocenters. The zero-order valence-electron chi connectivity index (χ0n) is 20.8. The highest BCUT2D eigenvalue weighted by atomic mass is 16.5. The van der Waals surface area contributed by atoms with Gasteiger partial charge in [-0.15, -0.1) is 0 Å². The fourth-order valence-electron chi connectivity index (χ4n) is 3.32. The van der Waals surface area contributed by atoms with Crippen LogP contribution in [0.3, 0.4) is 0 Å². The first-order valence-electron chi connectivity index (χ1n) is 12.1. The van der Waals surface area contributed by atoms with Gasteiger partial charge in [-0.2, -0.15) is 0 Å². The van der Waals surface area contributed by atoms with Crippen LogP contribution in [-0.2, 0) is 48.4 Å². The zero-order valence-corrected chi connectivity index (χ0v) is 20.8. The van der Waals surface area contributed by atoms with E-state index in [4.69, 9.17) is 14.2 Å². The molecule has 0 spiro atoms. The highest BCUT2D eigenvalue weighted by Crippen LogP contribution is 2.08. The summed E-state index contributed by atoms with van der Waals surface area (Å²) in [5.74, 6) is -1.86. The molecule has 0 bridgehead atoms. The molecule has 0 saturated carbocycles. The summed E-state index contributed by atoms with van der Waals surface area (Å²) in [6, 6.07) is 26.2. The summed E-state index contributed by atoms with van der Waals surface area (Å²) in [5.41, 5.74) is 2.40. The molecule has 0 aliphatic heterocycles. The lowest BCUT2D eigenvalue weighted by atomic mass is 10.1. The molecule has 9 heteroatoms. The molecular formula is C29H30N2O7. The minimum Gasteiger partial charge on any atom is -0.461 e. The number of hydrogen-bond acceptors (Lipinski definition) is 7. The second-order valence-corrected chi connectivity index (χ2v) is 8.31. The molecule has 9 nitrogen and oxygen atoms in total. The van der Waals surface area contributed by atoms with E-state index >= 15 is 0 Å². The third kappa shape index (κ3) is 10.5. The maximum absolute atomic E-state index is 12.7. The summed E-state index contributed by atoms with van der Waals surface area (Å²) in [5, 5.41) is 4.86. The molecule has 0 aliphatic carbocycles.